The monoisotopic (exact) mass is 2150 g/mol. The van der Waals surface area contributed by atoms with E-state index >= 15 is 0 Å². The van der Waals surface area contributed by atoms with E-state index in [1.165, 1.54) is 140 Å². The summed E-state index contributed by atoms with van der Waals surface area (Å²) in [4.78, 5) is 46.2. The van der Waals surface area contributed by atoms with Crippen LogP contribution in [0.5, 0.6) is 0 Å². The van der Waals surface area contributed by atoms with Crippen molar-refractivity contribution in [2.24, 2.45) is 40.9 Å². The number of hydrogen-bond donors (Lipinski definition) is 3. The predicted molar refractivity (Wildman–Crippen MR) is 500 cm³/mol. The Hall–Kier alpha value is -9.21. The number of benzene rings is 9. The van der Waals surface area contributed by atoms with E-state index in [1.54, 1.807) is 0 Å². The molecule has 3 heterocycles. The van der Waals surface area contributed by atoms with Crippen LogP contribution in [-0.4, -0.2) is 47.6 Å². The smallest absolute Gasteiger partial charge is 0.161 e. The standard InChI is InChI=1S/C32H36N.C31H34N.C27H26N.C9H16O2.2C5H8O2.3Ir/c1-21(2)14-27-19-31(28-16-22(3)15-23(4)17-28)33-30-13-12-26(18-29(27)30)25-10-8-24(9-11-25)20-32(5,6)7;1-20(2)13-24-7-9-25(10-8-24)26-11-12-30-29(18-26)27(14-21(3)4)19-31(32-30)28-16-22(5)15-23(6)17-28;1-18(2)12-23-17-27(24-14-19(3)13-20(4)15-24)28-26-11-10-22(16-25(23)26)21-8-6-5-7-9-21;1-6(2)8(10)5-9(11)7(3)4;2*1-4(6)3-5(2)7;;;/h8-13,15-16,18-19,21H,14,20H2,1-7H3;7-12,15-16,18-21H,13-14H2,1-6H3;5-11,13-14,16-18H,12H2,1-4H3;5-7,10H,1-4H3;2*3,6H,1-2H3;;;/q3*-1;;;;;;. The first kappa shape index (κ1) is 104. The van der Waals surface area contributed by atoms with Crippen LogP contribution in [0, 0.1) is 101 Å². The summed E-state index contributed by atoms with van der Waals surface area (Å²) in [5.74, 6) is 2.45. The topological polar surface area (TPSA) is 151 Å². The molecule has 0 aliphatic rings. The minimum Gasteiger partial charge on any atom is -0.512 e. The molecule has 0 aliphatic heterocycles. The molecule has 0 saturated carbocycles. The molecule has 12 heteroatoms. The van der Waals surface area contributed by atoms with Gasteiger partial charge in [-0.3, -0.25) is 29.3 Å². The van der Waals surface area contributed by atoms with Crippen molar-refractivity contribution < 1.29 is 90.0 Å². The summed E-state index contributed by atoms with van der Waals surface area (Å²) in [5, 5.41) is 29.7. The number of fused-ring (bicyclic) bond motifs is 3. The molecule has 3 aromatic heterocycles. The molecule has 12 aromatic rings. The Morgan fingerprint density at radius 3 is 0.909 bits per heavy atom. The van der Waals surface area contributed by atoms with Gasteiger partial charge in [-0.05, 0) is 204 Å². The van der Waals surface area contributed by atoms with Crippen LogP contribution in [0.15, 0.2) is 224 Å². The first-order valence-electron chi connectivity index (χ1n) is 41.8. The number of pyridine rings is 3. The van der Waals surface area contributed by atoms with Gasteiger partial charge < -0.3 is 15.3 Å². The normalized spacial score (nSPS) is 11.4. The summed E-state index contributed by atoms with van der Waals surface area (Å²) in [5.41, 5.74) is 31.4. The molecule has 0 amide bonds. The minimum atomic E-state index is -0.125. The molecule has 0 aliphatic carbocycles. The molecule has 3 N–H and O–H groups in total. The third-order valence-electron chi connectivity index (χ3n) is 19.2. The maximum Gasteiger partial charge on any atom is 0.161 e. The zero-order valence-corrected chi connectivity index (χ0v) is 83.2. The van der Waals surface area contributed by atoms with E-state index in [0.29, 0.717) is 29.1 Å². The Bertz CT molecular complexity index is 5410. The van der Waals surface area contributed by atoms with Gasteiger partial charge in [0.05, 0.1) is 33.8 Å². The summed E-state index contributed by atoms with van der Waals surface area (Å²) in [6.07, 6.45) is 8.97. The molecular formula is C109H128Ir3N3O6-3. The van der Waals surface area contributed by atoms with Crippen LogP contribution in [0.4, 0.5) is 0 Å². The Balaban J connectivity index is 0.000000330. The van der Waals surface area contributed by atoms with Gasteiger partial charge in [-0.2, -0.15) is 0 Å². The SMILES string of the molecule is CC(=O)C=C(C)O.CC(=O)C=C(C)O.CC(C)C(=O)C=C(O)C(C)C.Cc1[c-]c(-c2cc(CC(C)C)c3cc(-c4ccc(CC(C)(C)C)cc4)ccc3n2)cc(C)c1.Cc1[c-]c(-c2cc(CC(C)C)c3cc(-c4ccc(CC(C)C)cc4)ccc3n2)cc(C)c1.Cc1[c-]c(-c2cc(CC(C)C)c3cc(-c4ccccc4)ccc3n2)cc(C)c1.[Ir].[Ir].[Ir]. The number of aliphatic hydroxyl groups is 3. The molecule has 645 valence electrons. The van der Waals surface area contributed by atoms with E-state index in [9.17, 15) is 19.5 Å². The second-order valence-corrected chi connectivity index (χ2v) is 35.4. The van der Waals surface area contributed by atoms with Crippen LogP contribution in [-0.2, 0) is 107 Å². The molecular weight excluding hydrogens is 2020 g/mol. The fraction of sp³-hybridized carbons (Fsp3) is 0.339. The molecule has 9 nitrogen and oxygen atoms in total. The second kappa shape index (κ2) is 49.2. The van der Waals surface area contributed by atoms with Crippen molar-refractivity contribution in [2.45, 2.75) is 205 Å². The minimum absolute atomic E-state index is 0. The molecule has 121 heavy (non-hydrogen) atoms. The van der Waals surface area contributed by atoms with Crippen molar-refractivity contribution in [3.63, 3.8) is 0 Å². The number of rotatable bonds is 20. The summed E-state index contributed by atoms with van der Waals surface area (Å²) < 4.78 is 0. The van der Waals surface area contributed by atoms with Crippen LogP contribution in [0.3, 0.4) is 0 Å². The van der Waals surface area contributed by atoms with Crippen LogP contribution in [0.25, 0.3) is 99.9 Å². The van der Waals surface area contributed by atoms with Crippen molar-refractivity contribution in [1.82, 2.24) is 15.0 Å². The maximum absolute atomic E-state index is 11.0. The molecule has 0 spiro atoms. The predicted octanol–water partition coefficient (Wildman–Crippen LogP) is 28.7. The Morgan fingerprint density at radius 2 is 0.653 bits per heavy atom. The van der Waals surface area contributed by atoms with Gasteiger partial charge in [0.25, 0.3) is 0 Å². The number of aryl methyl sites for hydroxylation is 6. The quantitative estimate of drug-likeness (QED) is 0.0385. The molecule has 0 unspecified atom stereocenters. The third-order valence-corrected chi connectivity index (χ3v) is 19.2. The molecule has 0 saturated heterocycles. The zero-order chi connectivity index (χ0) is 87.0. The van der Waals surface area contributed by atoms with Crippen LogP contribution in [0.1, 0.15) is 193 Å². The van der Waals surface area contributed by atoms with Crippen molar-refractivity contribution in [3.8, 4) is 67.2 Å². The van der Waals surface area contributed by atoms with Gasteiger partial charge in [0.15, 0.2) is 17.3 Å². The van der Waals surface area contributed by atoms with Gasteiger partial charge >= 0.3 is 0 Å². The van der Waals surface area contributed by atoms with E-state index < -0.39 is 0 Å². The number of nitrogens with zero attached hydrogens (tertiary/aromatic N) is 3. The first-order valence-corrected chi connectivity index (χ1v) is 41.8. The van der Waals surface area contributed by atoms with Gasteiger partial charge in [-0.25, -0.2) is 0 Å². The van der Waals surface area contributed by atoms with Gasteiger partial charge in [-0.15, -0.1) is 105 Å². The maximum atomic E-state index is 11.0. The van der Waals surface area contributed by atoms with Crippen LogP contribution >= 0.6 is 0 Å². The molecule has 9 aromatic carbocycles. The number of allylic oxidation sites excluding steroid dienone is 6. The zero-order valence-electron chi connectivity index (χ0n) is 76.0. The van der Waals surface area contributed by atoms with Gasteiger partial charge in [0.2, 0.25) is 0 Å². The fourth-order valence-electron chi connectivity index (χ4n) is 14.2. The van der Waals surface area contributed by atoms with E-state index in [1.807, 2.05) is 27.7 Å². The van der Waals surface area contributed by atoms with Crippen molar-refractivity contribution in [3.05, 3.63) is 303 Å². The molecule has 0 atom stereocenters. The fourth-order valence-corrected chi connectivity index (χ4v) is 14.2. The molecule has 3 radical (unpaired) electrons. The Labute approximate surface area is 765 Å². The van der Waals surface area contributed by atoms with Crippen molar-refractivity contribution in [2.75, 3.05) is 0 Å². The van der Waals surface area contributed by atoms with Crippen molar-refractivity contribution in [1.29, 1.82) is 0 Å². The number of carbonyl (C=O) groups is 3. The number of ketones is 3. The van der Waals surface area contributed by atoms with Gasteiger partial charge in [0.1, 0.15) is 0 Å². The number of hydrogen-bond acceptors (Lipinski definition) is 9. The Kier molecular flexibility index (Phi) is 42.3. The van der Waals surface area contributed by atoms with Crippen molar-refractivity contribution >= 4 is 50.1 Å². The molecule has 0 bridgehead atoms. The summed E-state index contributed by atoms with van der Waals surface area (Å²) in [6, 6.07) is 79.1. The number of aromatic nitrogens is 3. The average Bonchev–Trinajstić information content (AvgIpc) is 0.789. The molecule has 12 rings (SSSR count). The van der Waals surface area contributed by atoms with E-state index in [0.717, 1.165) is 99.1 Å². The molecule has 0 fully saturated rings. The Morgan fingerprint density at radius 1 is 0.355 bits per heavy atom. The summed E-state index contributed by atoms with van der Waals surface area (Å²) in [6.45, 7) is 50.8. The van der Waals surface area contributed by atoms with Crippen LogP contribution in [0.2, 0.25) is 0 Å². The first-order chi connectivity index (χ1) is 55.5. The van der Waals surface area contributed by atoms with Gasteiger partial charge in [0, 0.05) is 107 Å². The summed E-state index contributed by atoms with van der Waals surface area (Å²) in [7, 11) is 0. The van der Waals surface area contributed by atoms with Crippen LogP contribution < -0.4 is 0 Å². The largest absolute Gasteiger partial charge is 0.512 e. The van der Waals surface area contributed by atoms with E-state index in [2.05, 4.69) is 324 Å². The number of carbonyl (C=O) groups excluding carboxylic acids is 3. The average molecular weight is 2150 g/mol. The van der Waals surface area contributed by atoms with Gasteiger partial charge in [-0.1, -0.05) is 261 Å². The third kappa shape index (κ3) is 34.6. The second-order valence-electron chi connectivity index (χ2n) is 35.4. The number of aliphatic hydroxyl groups excluding tert-OH is 3. The summed E-state index contributed by atoms with van der Waals surface area (Å²) >= 11 is 0. The van der Waals surface area contributed by atoms with E-state index in [-0.39, 0.29) is 107 Å². The van der Waals surface area contributed by atoms with E-state index in [4.69, 9.17) is 25.2 Å².